The summed E-state index contributed by atoms with van der Waals surface area (Å²) in [5, 5.41) is 5.52. The summed E-state index contributed by atoms with van der Waals surface area (Å²) in [5.41, 5.74) is 0.781. The van der Waals surface area contributed by atoms with E-state index in [0.29, 0.717) is 54.4 Å². The maximum atomic E-state index is 14.6. The lowest BCUT2D eigenvalue weighted by molar-refractivity contribution is -0.0111. The molecule has 214 valence electrons. The van der Waals surface area contributed by atoms with Crippen molar-refractivity contribution in [3.8, 4) is 5.88 Å². The number of halogens is 1. The number of nitrogens with zero attached hydrogens (tertiary/aromatic N) is 3. The van der Waals surface area contributed by atoms with Crippen LogP contribution in [-0.2, 0) is 9.47 Å². The summed E-state index contributed by atoms with van der Waals surface area (Å²) >= 11 is 0.930. The number of methoxy groups -OCH3 is 1. The fourth-order valence-electron chi connectivity index (χ4n) is 6.13. The maximum Gasteiger partial charge on any atom is 0.256 e. The van der Waals surface area contributed by atoms with Crippen LogP contribution in [0, 0.1) is 17.7 Å². The molecule has 1 aromatic carbocycles. The molecule has 3 aliphatic heterocycles. The monoisotopic (exact) mass is 570 g/mol. The molecule has 4 aliphatic rings. The van der Waals surface area contributed by atoms with E-state index < -0.39 is 11.4 Å². The Morgan fingerprint density at radius 2 is 1.82 bits per heavy atom. The highest BCUT2D eigenvalue weighted by Gasteiger charge is 2.55. The van der Waals surface area contributed by atoms with E-state index in [-0.39, 0.29) is 29.8 Å². The van der Waals surface area contributed by atoms with Gasteiger partial charge in [-0.2, -0.15) is 0 Å². The summed E-state index contributed by atoms with van der Waals surface area (Å²) in [6, 6.07) is 8.03. The fourth-order valence-corrected chi connectivity index (χ4v) is 6.45. The van der Waals surface area contributed by atoms with E-state index >= 15 is 0 Å². The second kappa shape index (κ2) is 11.3. The van der Waals surface area contributed by atoms with Crippen molar-refractivity contribution in [3.63, 3.8) is 0 Å². The van der Waals surface area contributed by atoms with Gasteiger partial charge in [-0.1, -0.05) is 0 Å². The fraction of sp³-hybridized carbons (Fsp3) is 0.552. The van der Waals surface area contributed by atoms with Gasteiger partial charge in [0.25, 0.3) is 11.8 Å². The average molecular weight is 571 g/mol. The molecule has 2 N–H and O–H groups in total. The Morgan fingerprint density at radius 3 is 2.45 bits per heavy atom. The van der Waals surface area contributed by atoms with E-state index in [0.717, 1.165) is 56.5 Å². The van der Waals surface area contributed by atoms with Crippen molar-refractivity contribution in [2.75, 3.05) is 53.1 Å². The number of ether oxygens (including phenoxy) is 3. The Kier molecular flexibility index (Phi) is 7.73. The highest BCUT2D eigenvalue weighted by Crippen LogP contribution is 2.42. The van der Waals surface area contributed by atoms with Crippen LogP contribution in [0.25, 0.3) is 0 Å². The summed E-state index contributed by atoms with van der Waals surface area (Å²) in [6.45, 7) is 3.53. The van der Waals surface area contributed by atoms with E-state index in [9.17, 15) is 14.0 Å². The third kappa shape index (κ3) is 5.44. The molecule has 0 bridgehead atoms. The van der Waals surface area contributed by atoms with Crippen molar-refractivity contribution in [2.24, 2.45) is 17.0 Å². The van der Waals surface area contributed by atoms with Crippen LogP contribution in [0.2, 0.25) is 0 Å². The molecule has 6 rings (SSSR count). The number of carbonyl (C=O) groups is 2. The lowest BCUT2D eigenvalue weighted by atomic mass is 9.95. The van der Waals surface area contributed by atoms with Gasteiger partial charge in [0.2, 0.25) is 5.88 Å². The number of carbonyl (C=O) groups excluding carboxylic acids is 2. The van der Waals surface area contributed by atoms with Gasteiger partial charge in [0.05, 0.1) is 25.3 Å². The Labute approximate surface area is 237 Å². The Balaban J connectivity index is 1.15. The topological polar surface area (TPSA) is 107 Å². The molecule has 40 heavy (non-hydrogen) atoms. The molecule has 0 spiro atoms. The van der Waals surface area contributed by atoms with E-state index in [1.165, 1.54) is 12.1 Å². The summed E-state index contributed by atoms with van der Waals surface area (Å²) < 4.78 is 32.1. The molecule has 4 heterocycles. The molecule has 2 unspecified atom stereocenters. The molecule has 2 amide bonds. The van der Waals surface area contributed by atoms with Gasteiger partial charge in [-0.05, 0) is 67.8 Å². The van der Waals surface area contributed by atoms with Crippen molar-refractivity contribution >= 4 is 23.8 Å². The van der Waals surface area contributed by atoms with Gasteiger partial charge < -0.3 is 24.0 Å². The number of nitrogens with two attached hydrogens (primary N) is 1. The van der Waals surface area contributed by atoms with Gasteiger partial charge in [0.1, 0.15) is 11.4 Å². The first kappa shape index (κ1) is 27.4. The highest BCUT2D eigenvalue weighted by atomic mass is 32.2. The number of pyridine rings is 1. The molecule has 1 aromatic heterocycles. The number of aromatic nitrogens is 1. The Hall–Kier alpha value is -2.73. The van der Waals surface area contributed by atoms with Crippen LogP contribution in [0.5, 0.6) is 5.88 Å². The van der Waals surface area contributed by atoms with Gasteiger partial charge in [0, 0.05) is 67.5 Å². The SMILES string of the molecule is COC12CN(C(=O)c3cc(OCC4CCOCC4)nc(C4CC4)c3)CC1CN(C(=O)c1ccc(SN)cc1F)C2. The van der Waals surface area contributed by atoms with Crippen LogP contribution in [0.1, 0.15) is 58.0 Å². The quantitative estimate of drug-likeness (QED) is 0.481. The van der Waals surface area contributed by atoms with Gasteiger partial charge in [0.15, 0.2) is 0 Å². The van der Waals surface area contributed by atoms with Gasteiger partial charge in [-0.3, -0.25) is 14.7 Å². The smallest absolute Gasteiger partial charge is 0.256 e. The van der Waals surface area contributed by atoms with Gasteiger partial charge >= 0.3 is 0 Å². The molecule has 9 nitrogen and oxygen atoms in total. The lowest BCUT2D eigenvalue weighted by Crippen LogP contribution is -2.44. The highest BCUT2D eigenvalue weighted by molar-refractivity contribution is 7.97. The largest absolute Gasteiger partial charge is 0.477 e. The molecule has 0 radical (unpaired) electrons. The third-order valence-electron chi connectivity index (χ3n) is 8.70. The van der Waals surface area contributed by atoms with Crippen molar-refractivity contribution in [2.45, 2.75) is 42.1 Å². The minimum absolute atomic E-state index is 0.00892. The lowest BCUT2D eigenvalue weighted by Gasteiger charge is -2.28. The molecule has 11 heteroatoms. The van der Waals surface area contributed by atoms with Crippen LogP contribution in [0.15, 0.2) is 35.2 Å². The molecule has 2 atom stereocenters. The summed E-state index contributed by atoms with van der Waals surface area (Å²) in [7, 11) is 1.61. The van der Waals surface area contributed by atoms with E-state index in [2.05, 4.69) is 0 Å². The minimum Gasteiger partial charge on any atom is -0.477 e. The van der Waals surface area contributed by atoms with Crippen molar-refractivity contribution < 1.29 is 28.2 Å². The first-order valence-electron chi connectivity index (χ1n) is 13.9. The zero-order valence-electron chi connectivity index (χ0n) is 22.6. The molecule has 2 aromatic rings. The molecular formula is C29H35FN4O5S. The summed E-state index contributed by atoms with van der Waals surface area (Å²) in [6.07, 6.45) is 4.07. The van der Waals surface area contributed by atoms with E-state index in [1.54, 1.807) is 29.0 Å². The predicted molar refractivity (Wildman–Crippen MR) is 147 cm³/mol. The normalized spacial score (nSPS) is 24.8. The van der Waals surface area contributed by atoms with E-state index in [1.807, 2.05) is 6.07 Å². The predicted octanol–water partition coefficient (Wildman–Crippen LogP) is 3.48. The number of likely N-dealkylation sites (tertiary alicyclic amines) is 2. The number of fused-ring (bicyclic) bond motifs is 1. The Morgan fingerprint density at radius 1 is 1.10 bits per heavy atom. The second-order valence-electron chi connectivity index (χ2n) is 11.4. The van der Waals surface area contributed by atoms with E-state index in [4.69, 9.17) is 24.3 Å². The number of amides is 2. The van der Waals surface area contributed by atoms with Crippen LogP contribution in [0.4, 0.5) is 4.39 Å². The number of rotatable bonds is 8. The molecule has 3 saturated heterocycles. The molecular weight excluding hydrogens is 535 g/mol. The van der Waals surface area contributed by atoms with Gasteiger partial charge in [-0.25, -0.2) is 9.37 Å². The van der Waals surface area contributed by atoms with Crippen molar-refractivity contribution in [1.29, 1.82) is 0 Å². The zero-order valence-corrected chi connectivity index (χ0v) is 23.5. The molecule has 4 fully saturated rings. The van der Waals surface area contributed by atoms with Crippen LogP contribution in [-0.4, -0.2) is 85.3 Å². The first-order chi connectivity index (χ1) is 19.4. The molecule has 1 saturated carbocycles. The minimum atomic E-state index is -0.705. The van der Waals surface area contributed by atoms with Crippen LogP contribution >= 0.6 is 11.9 Å². The van der Waals surface area contributed by atoms with Crippen molar-refractivity contribution in [3.05, 3.63) is 53.0 Å². The summed E-state index contributed by atoms with van der Waals surface area (Å²) in [5.74, 6) is 0.141. The number of benzene rings is 1. The van der Waals surface area contributed by atoms with Gasteiger partial charge in [-0.15, -0.1) is 0 Å². The third-order valence-corrected chi connectivity index (χ3v) is 9.23. The zero-order chi connectivity index (χ0) is 27.9. The number of hydrogen-bond donors (Lipinski definition) is 1. The standard InChI is InChI=1S/C29H35FN4O5S/c1-37-29-16-33(13-21(29)14-34(17-29)28(36)23-5-4-22(40-31)12-24(23)30)27(35)20-10-25(19-2-3-19)32-26(11-20)39-15-18-6-8-38-9-7-18/h4-5,10-12,18-19,21H,2-3,6-9,13-17,31H2,1H3. The molecule has 1 aliphatic carbocycles. The summed E-state index contributed by atoms with van der Waals surface area (Å²) in [4.78, 5) is 35.7. The van der Waals surface area contributed by atoms with Crippen molar-refractivity contribution in [1.82, 2.24) is 14.8 Å². The number of hydrogen-bond acceptors (Lipinski definition) is 8. The Bertz CT molecular complexity index is 1290. The first-order valence-corrected chi connectivity index (χ1v) is 14.8. The van der Waals surface area contributed by atoms with Crippen LogP contribution in [0.3, 0.4) is 0 Å². The average Bonchev–Trinajstić information content (AvgIpc) is 3.69. The van der Waals surface area contributed by atoms with Crippen LogP contribution < -0.4 is 9.88 Å². The second-order valence-corrected chi connectivity index (χ2v) is 12.1. The maximum absolute atomic E-state index is 14.6.